The number of aryl methyl sites for hydroxylation is 2. The molecule has 134 valence electrons. The number of benzene rings is 2. The Kier molecular flexibility index (Phi) is 6.10. The summed E-state index contributed by atoms with van der Waals surface area (Å²) in [6.45, 7) is 0.865. The molecule has 5 heteroatoms. The van der Waals surface area contributed by atoms with Crippen LogP contribution in [0.4, 0.5) is 0 Å². The first-order valence-electron chi connectivity index (χ1n) is 8.54. The molecule has 0 saturated carbocycles. The first-order valence-corrected chi connectivity index (χ1v) is 8.92. The summed E-state index contributed by atoms with van der Waals surface area (Å²) in [6, 6.07) is 20.7. The van der Waals surface area contributed by atoms with Crippen LogP contribution in [0.25, 0.3) is 0 Å². The van der Waals surface area contributed by atoms with E-state index in [0.29, 0.717) is 16.3 Å². The van der Waals surface area contributed by atoms with Gasteiger partial charge in [0, 0.05) is 24.3 Å². The number of hydrogen-bond donors (Lipinski definition) is 2. The summed E-state index contributed by atoms with van der Waals surface area (Å²) < 4.78 is 1.93. The number of nitrogens with zero attached hydrogens (tertiary/aromatic N) is 1. The SMILES string of the molecule is O=C(NCC(O)c1ccc(Cl)cc1)c1cccn1CCc1ccccc1. The average Bonchev–Trinajstić information content (AvgIpc) is 3.14. The standard InChI is InChI=1S/C21H21ClN2O2/c22-18-10-8-17(9-11-18)20(25)15-23-21(26)19-7-4-13-24(19)14-12-16-5-2-1-3-6-16/h1-11,13,20,25H,12,14-15H2,(H,23,26). The number of rotatable bonds is 7. The lowest BCUT2D eigenvalue weighted by molar-refractivity contribution is 0.0907. The van der Waals surface area contributed by atoms with E-state index in [1.807, 2.05) is 35.0 Å². The molecular formula is C21H21ClN2O2. The van der Waals surface area contributed by atoms with Gasteiger partial charge in [0.1, 0.15) is 5.69 Å². The molecule has 1 unspecified atom stereocenters. The first-order chi connectivity index (χ1) is 12.6. The van der Waals surface area contributed by atoms with E-state index in [1.54, 1.807) is 30.3 Å². The monoisotopic (exact) mass is 368 g/mol. The largest absolute Gasteiger partial charge is 0.387 e. The van der Waals surface area contributed by atoms with Gasteiger partial charge in [0.2, 0.25) is 0 Å². The third-order valence-corrected chi connectivity index (χ3v) is 4.51. The molecule has 3 aromatic rings. The molecule has 0 fully saturated rings. The van der Waals surface area contributed by atoms with Crippen molar-refractivity contribution in [1.29, 1.82) is 0 Å². The molecule has 1 aromatic heterocycles. The zero-order chi connectivity index (χ0) is 18.4. The summed E-state index contributed by atoms with van der Waals surface area (Å²) in [6.07, 6.45) is 1.97. The van der Waals surface area contributed by atoms with Crippen LogP contribution in [0.3, 0.4) is 0 Å². The molecule has 0 aliphatic carbocycles. The number of halogens is 1. The van der Waals surface area contributed by atoms with Crippen LogP contribution in [0.15, 0.2) is 72.9 Å². The maximum atomic E-state index is 12.5. The highest BCUT2D eigenvalue weighted by molar-refractivity contribution is 6.30. The van der Waals surface area contributed by atoms with Gasteiger partial charge in [0.05, 0.1) is 6.10 Å². The van der Waals surface area contributed by atoms with Crippen LogP contribution in [0.5, 0.6) is 0 Å². The molecule has 4 nitrogen and oxygen atoms in total. The molecule has 1 amide bonds. The number of carbonyl (C=O) groups is 1. The lowest BCUT2D eigenvalue weighted by Gasteiger charge is -2.14. The predicted octanol–water partition coefficient (Wildman–Crippen LogP) is 3.85. The van der Waals surface area contributed by atoms with Gasteiger partial charge in [0.15, 0.2) is 0 Å². The summed E-state index contributed by atoms with van der Waals surface area (Å²) in [5.74, 6) is -0.198. The quantitative estimate of drug-likeness (QED) is 0.665. The molecule has 0 saturated heterocycles. The Morgan fingerprint density at radius 3 is 2.50 bits per heavy atom. The molecule has 1 atom stereocenters. The van der Waals surface area contributed by atoms with Crippen LogP contribution in [-0.4, -0.2) is 22.1 Å². The van der Waals surface area contributed by atoms with E-state index in [1.165, 1.54) is 5.56 Å². The minimum absolute atomic E-state index is 0.143. The van der Waals surface area contributed by atoms with Crippen molar-refractivity contribution in [3.8, 4) is 0 Å². The minimum atomic E-state index is -0.774. The molecule has 0 radical (unpaired) electrons. The number of hydrogen-bond acceptors (Lipinski definition) is 2. The van der Waals surface area contributed by atoms with Gasteiger partial charge in [-0.2, -0.15) is 0 Å². The fourth-order valence-electron chi connectivity index (χ4n) is 2.79. The Balaban J connectivity index is 1.56. The highest BCUT2D eigenvalue weighted by atomic mass is 35.5. The van der Waals surface area contributed by atoms with Gasteiger partial charge in [-0.15, -0.1) is 0 Å². The average molecular weight is 369 g/mol. The molecule has 2 N–H and O–H groups in total. The molecule has 0 spiro atoms. The highest BCUT2D eigenvalue weighted by Crippen LogP contribution is 2.16. The summed E-state index contributed by atoms with van der Waals surface area (Å²) in [5.41, 5.74) is 2.53. The molecule has 0 aliphatic heterocycles. The van der Waals surface area contributed by atoms with Crippen LogP contribution in [0.1, 0.15) is 27.7 Å². The van der Waals surface area contributed by atoms with Crippen molar-refractivity contribution in [2.75, 3.05) is 6.54 Å². The molecule has 0 bridgehead atoms. The maximum Gasteiger partial charge on any atom is 0.268 e. The Hall–Kier alpha value is -2.56. The Labute approximate surface area is 158 Å². The fraction of sp³-hybridized carbons (Fsp3) is 0.190. The molecule has 2 aromatic carbocycles. The Morgan fingerprint density at radius 1 is 1.04 bits per heavy atom. The van der Waals surface area contributed by atoms with Crippen molar-refractivity contribution in [3.05, 3.63) is 94.8 Å². The number of aliphatic hydroxyl groups excluding tert-OH is 1. The van der Waals surface area contributed by atoms with Crippen molar-refractivity contribution in [3.63, 3.8) is 0 Å². The van der Waals surface area contributed by atoms with Crippen molar-refractivity contribution >= 4 is 17.5 Å². The second kappa shape index (κ2) is 8.70. The van der Waals surface area contributed by atoms with E-state index >= 15 is 0 Å². The Morgan fingerprint density at radius 2 is 1.77 bits per heavy atom. The summed E-state index contributed by atoms with van der Waals surface area (Å²) >= 11 is 5.85. The number of aromatic nitrogens is 1. The van der Waals surface area contributed by atoms with E-state index in [0.717, 1.165) is 13.0 Å². The molecule has 1 heterocycles. The van der Waals surface area contributed by atoms with Crippen LogP contribution in [0, 0.1) is 0 Å². The summed E-state index contributed by atoms with van der Waals surface area (Å²) in [5, 5.41) is 13.6. The van der Waals surface area contributed by atoms with Crippen molar-refractivity contribution in [2.24, 2.45) is 0 Å². The third-order valence-electron chi connectivity index (χ3n) is 4.26. The number of nitrogens with one attached hydrogen (secondary N) is 1. The van der Waals surface area contributed by atoms with Crippen LogP contribution < -0.4 is 5.32 Å². The van der Waals surface area contributed by atoms with E-state index in [2.05, 4.69) is 17.4 Å². The fourth-order valence-corrected chi connectivity index (χ4v) is 2.92. The molecular weight excluding hydrogens is 348 g/mol. The van der Waals surface area contributed by atoms with Crippen LogP contribution in [0.2, 0.25) is 5.02 Å². The normalized spacial score (nSPS) is 11.9. The summed E-state index contributed by atoms with van der Waals surface area (Å²) in [4.78, 5) is 12.5. The van der Waals surface area contributed by atoms with Gasteiger partial charge in [-0.3, -0.25) is 4.79 Å². The van der Waals surface area contributed by atoms with Crippen molar-refractivity contribution in [1.82, 2.24) is 9.88 Å². The molecule has 3 rings (SSSR count). The van der Waals surface area contributed by atoms with E-state index in [-0.39, 0.29) is 12.5 Å². The number of amides is 1. The zero-order valence-corrected chi connectivity index (χ0v) is 15.1. The van der Waals surface area contributed by atoms with Gasteiger partial charge < -0.3 is 15.0 Å². The smallest absolute Gasteiger partial charge is 0.268 e. The number of carbonyl (C=O) groups excluding carboxylic acids is 1. The Bertz CT molecular complexity index is 844. The topological polar surface area (TPSA) is 54.3 Å². The van der Waals surface area contributed by atoms with E-state index < -0.39 is 6.10 Å². The van der Waals surface area contributed by atoms with E-state index in [9.17, 15) is 9.90 Å². The van der Waals surface area contributed by atoms with Gasteiger partial charge in [-0.25, -0.2) is 0 Å². The summed E-state index contributed by atoms with van der Waals surface area (Å²) in [7, 11) is 0. The second-order valence-electron chi connectivity index (χ2n) is 6.10. The van der Waals surface area contributed by atoms with Crippen LogP contribution in [-0.2, 0) is 13.0 Å². The lowest BCUT2D eigenvalue weighted by atomic mass is 10.1. The van der Waals surface area contributed by atoms with Gasteiger partial charge in [0.25, 0.3) is 5.91 Å². The third kappa shape index (κ3) is 4.75. The van der Waals surface area contributed by atoms with Crippen molar-refractivity contribution in [2.45, 2.75) is 19.1 Å². The lowest BCUT2D eigenvalue weighted by Crippen LogP contribution is -2.30. The zero-order valence-electron chi connectivity index (χ0n) is 14.3. The molecule has 0 aliphatic rings. The predicted molar refractivity (Wildman–Crippen MR) is 103 cm³/mol. The van der Waals surface area contributed by atoms with Gasteiger partial charge >= 0.3 is 0 Å². The van der Waals surface area contributed by atoms with Gasteiger partial charge in [-0.1, -0.05) is 54.1 Å². The van der Waals surface area contributed by atoms with Crippen LogP contribution >= 0.6 is 11.6 Å². The maximum absolute atomic E-state index is 12.5. The minimum Gasteiger partial charge on any atom is -0.387 e. The molecule has 26 heavy (non-hydrogen) atoms. The number of aliphatic hydroxyl groups is 1. The van der Waals surface area contributed by atoms with Gasteiger partial charge in [-0.05, 0) is 41.8 Å². The van der Waals surface area contributed by atoms with Crippen molar-refractivity contribution < 1.29 is 9.90 Å². The first kappa shape index (κ1) is 18.2. The van der Waals surface area contributed by atoms with E-state index in [4.69, 9.17) is 11.6 Å². The second-order valence-corrected chi connectivity index (χ2v) is 6.54. The highest BCUT2D eigenvalue weighted by Gasteiger charge is 2.13.